The van der Waals surface area contributed by atoms with Gasteiger partial charge in [0.2, 0.25) is 0 Å². The second kappa shape index (κ2) is 7.17. The Morgan fingerprint density at radius 1 is 1.41 bits per heavy atom. The minimum absolute atomic E-state index is 0.208. The number of hydrogen-bond donors (Lipinski definition) is 0. The van der Waals surface area contributed by atoms with E-state index in [4.69, 9.17) is 4.74 Å². The van der Waals surface area contributed by atoms with Gasteiger partial charge >= 0.3 is 5.97 Å². The summed E-state index contributed by atoms with van der Waals surface area (Å²) in [5.41, 5.74) is 1.28. The zero-order chi connectivity index (χ0) is 16.3. The molecule has 0 atom stereocenters. The molecular weight excluding hydrogens is 292 g/mol. The second-order valence-electron chi connectivity index (χ2n) is 6.03. The fourth-order valence-electron chi connectivity index (χ4n) is 2.58. The Kier molecular flexibility index (Phi) is 5.50. The summed E-state index contributed by atoms with van der Waals surface area (Å²) in [6.45, 7) is 4.88. The van der Waals surface area contributed by atoms with Crippen molar-refractivity contribution in [2.75, 3.05) is 19.6 Å². The monoisotopic (exact) mass is 315 g/mol. The molecule has 124 valence electrons. The molecule has 0 aliphatic carbocycles. The fraction of sp³-hybridized carbons (Fsp3) is 0.733. The zero-order valence-electron chi connectivity index (χ0n) is 13.3. The molecule has 2 rings (SSSR count). The zero-order valence-corrected chi connectivity index (χ0v) is 13.3. The molecule has 0 radical (unpaired) electrons. The minimum Gasteiger partial charge on any atom is -0.458 e. The number of piperidine rings is 1. The van der Waals surface area contributed by atoms with E-state index in [0.717, 1.165) is 5.69 Å². The van der Waals surface area contributed by atoms with Gasteiger partial charge in [-0.1, -0.05) is 13.8 Å². The van der Waals surface area contributed by atoms with E-state index in [1.54, 1.807) is 18.0 Å². The highest BCUT2D eigenvalue weighted by Crippen LogP contribution is 2.18. The van der Waals surface area contributed by atoms with Gasteiger partial charge in [0.05, 0.1) is 12.2 Å². The van der Waals surface area contributed by atoms with Gasteiger partial charge in [-0.2, -0.15) is 5.10 Å². The van der Waals surface area contributed by atoms with Crippen molar-refractivity contribution < 1.29 is 18.3 Å². The lowest BCUT2D eigenvalue weighted by Crippen LogP contribution is -2.40. The summed E-state index contributed by atoms with van der Waals surface area (Å²) in [4.78, 5) is 13.9. The number of carbonyl (C=O) groups is 1. The van der Waals surface area contributed by atoms with E-state index in [2.05, 4.69) is 5.10 Å². The van der Waals surface area contributed by atoms with Crippen molar-refractivity contribution in [2.24, 2.45) is 7.05 Å². The van der Waals surface area contributed by atoms with E-state index in [1.807, 2.05) is 13.8 Å². The lowest BCUT2D eigenvalue weighted by atomic mass is 10.1. The molecule has 1 fully saturated rings. The summed E-state index contributed by atoms with van der Waals surface area (Å²) < 4.78 is 31.7. The summed E-state index contributed by atoms with van der Waals surface area (Å²) in [6, 6.07) is 1.75. The first-order valence-corrected chi connectivity index (χ1v) is 7.62. The van der Waals surface area contributed by atoms with Crippen molar-refractivity contribution in [3.05, 3.63) is 17.5 Å². The molecule has 0 amide bonds. The van der Waals surface area contributed by atoms with E-state index in [1.165, 1.54) is 4.68 Å². The van der Waals surface area contributed by atoms with Crippen LogP contribution in [0.4, 0.5) is 8.78 Å². The van der Waals surface area contributed by atoms with Crippen LogP contribution in [0.15, 0.2) is 6.07 Å². The number of esters is 1. The molecule has 1 aromatic rings. The average molecular weight is 315 g/mol. The van der Waals surface area contributed by atoms with E-state index in [-0.39, 0.29) is 18.6 Å². The van der Waals surface area contributed by atoms with Crippen LogP contribution in [0.2, 0.25) is 0 Å². The van der Waals surface area contributed by atoms with E-state index < -0.39 is 12.4 Å². The van der Waals surface area contributed by atoms with Crippen LogP contribution in [-0.4, -0.2) is 52.8 Å². The summed E-state index contributed by atoms with van der Waals surface area (Å²) in [5, 5.41) is 4.29. The first-order valence-electron chi connectivity index (χ1n) is 7.62. The normalized spacial score (nSPS) is 17.4. The number of rotatable bonds is 5. The number of likely N-dealkylation sites (tertiary alicyclic amines) is 1. The van der Waals surface area contributed by atoms with Crippen LogP contribution in [0.25, 0.3) is 0 Å². The molecule has 2 heterocycles. The maximum atomic E-state index is 12.3. The predicted octanol–water partition coefficient (Wildman–Crippen LogP) is 2.43. The highest BCUT2D eigenvalue weighted by atomic mass is 19.3. The smallest absolute Gasteiger partial charge is 0.356 e. The number of nitrogens with zero attached hydrogens (tertiary/aromatic N) is 3. The lowest BCUT2D eigenvalue weighted by Gasteiger charge is -2.31. The van der Waals surface area contributed by atoms with Gasteiger partial charge in [0.25, 0.3) is 6.43 Å². The van der Waals surface area contributed by atoms with E-state index in [0.29, 0.717) is 31.6 Å². The first kappa shape index (κ1) is 16.9. The van der Waals surface area contributed by atoms with Crippen LogP contribution < -0.4 is 0 Å². The van der Waals surface area contributed by atoms with E-state index in [9.17, 15) is 13.6 Å². The van der Waals surface area contributed by atoms with Crippen LogP contribution >= 0.6 is 0 Å². The second-order valence-corrected chi connectivity index (χ2v) is 6.03. The van der Waals surface area contributed by atoms with Gasteiger partial charge in [-0.3, -0.25) is 9.58 Å². The van der Waals surface area contributed by atoms with Gasteiger partial charge in [-0.25, -0.2) is 13.6 Å². The highest BCUT2D eigenvalue weighted by molar-refractivity contribution is 5.87. The molecule has 0 bridgehead atoms. The third-order valence-electron chi connectivity index (χ3n) is 3.90. The van der Waals surface area contributed by atoms with Crippen LogP contribution in [0.1, 0.15) is 48.8 Å². The van der Waals surface area contributed by atoms with Crippen molar-refractivity contribution in [2.45, 2.75) is 45.1 Å². The maximum absolute atomic E-state index is 12.3. The Bertz CT molecular complexity index is 509. The predicted molar refractivity (Wildman–Crippen MR) is 78.2 cm³/mol. The summed E-state index contributed by atoms with van der Waals surface area (Å²) in [6.07, 6.45) is -1.34. The Balaban J connectivity index is 1.88. The van der Waals surface area contributed by atoms with Crippen molar-refractivity contribution in [1.29, 1.82) is 0 Å². The number of aryl methyl sites for hydroxylation is 1. The molecule has 0 unspecified atom stereocenters. The Morgan fingerprint density at radius 3 is 2.55 bits per heavy atom. The first-order chi connectivity index (χ1) is 10.4. The number of ether oxygens (including phenoxy) is 1. The standard InChI is InChI=1S/C15H23F2N3O2/c1-10(2)12-8-13(19(3)18-12)15(21)22-11-4-6-20(7-5-11)9-14(16)17/h8,10-11,14H,4-7,9H2,1-3H3. The van der Waals surface area contributed by atoms with Crippen LogP contribution in [-0.2, 0) is 11.8 Å². The molecule has 0 saturated carbocycles. The maximum Gasteiger partial charge on any atom is 0.356 e. The van der Waals surface area contributed by atoms with E-state index >= 15 is 0 Å². The molecular formula is C15H23F2N3O2. The lowest BCUT2D eigenvalue weighted by molar-refractivity contribution is 0.00137. The average Bonchev–Trinajstić information content (AvgIpc) is 2.83. The van der Waals surface area contributed by atoms with Crippen molar-refractivity contribution in [1.82, 2.24) is 14.7 Å². The molecule has 22 heavy (non-hydrogen) atoms. The number of alkyl halides is 2. The number of hydrogen-bond acceptors (Lipinski definition) is 4. The molecule has 0 aromatic carbocycles. The SMILES string of the molecule is CC(C)c1cc(C(=O)OC2CCN(CC(F)F)CC2)n(C)n1. The molecule has 0 spiro atoms. The largest absolute Gasteiger partial charge is 0.458 e. The van der Waals surface area contributed by atoms with Crippen LogP contribution in [0.3, 0.4) is 0 Å². The van der Waals surface area contributed by atoms with Gasteiger partial charge < -0.3 is 4.74 Å². The Labute approximate surface area is 129 Å². The van der Waals surface area contributed by atoms with Crippen molar-refractivity contribution >= 4 is 5.97 Å². The molecule has 1 aliphatic heterocycles. The Hall–Kier alpha value is -1.50. The van der Waals surface area contributed by atoms with Gasteiger partial charge in [0, 0.05) is 20.1 Å². The molecule has 5 nitrogen and oxygen atoms in total. The number of halogens is 2. The molecule has 0 N–H and O–H groups in total. The molecule has 1 saturated heterocycles. The van der Waals surface area contributed by atoms with Gasteiger partial charge in [-0.15, -0.1) is 0 Å². The van der Waals surface area contributed by atoms with Gasteiger partial charge in [0.15, 0.2) is 0 Å². The van der Waals surface area contributed by atoms with Crippen molar-refractivity contribution in [3.63, 3.8) is 0 Å². The van der Waals surface area contributed by atoms with Gasteiger partial charge in [-0.05, 0) is 24.8 Å². The number of carbonyl (C=O) groups excluding carboxylic acids is 1. The molecule has 1 aliphatic rings. The molecule has 7 heteroatoms. The molecule has 1 aromatic heterocycles. The van der Waals surface area contributed by atoms with Gasteiger partial charge in [0.1, 0.15) is 11.8 Å². The summed E-state index contributed by atoms with van der Waals surface area (Å²) in [5.74, 6) is -0.153. The third kappa shape index (κ3) is 4.25. The summed E-state index contributed by atoms with van der Waals surface area (Å²) in [7, 11) is 1.72. The highest BCUT2D eigenvalue weighted by Gasteiger charge is 2.25. The fourth-order valence-corrected chi connectivity index (χ4v) is 2.58. The quantitative estimate of drug-likeness (QED) is 0.783. The third-order valence-corrected chi connectivity index (χ3v) is 3.90. The van der Waals surface area contributed by atoms with Crippen molar-refractivity contribution in [3.8, 4) is 0 Å². The number of aromatic nitrogens is 2. The Morgan fingerprint density at radius 2 is 2.05 bits per heavy atom. The summed E-state index contributed by atoms with van der Waals surface area (Å²) >= 11 is 0. The topological polar surface area (TPSA) is 47.4 Å². The van der Waals surface area contributed by atoms with Crippen LogP contribution in [0, 0.1) is 0 Å². The minimum atomic E-state index is -2.32. The van der Waals surface area contributed by atoms with Crippen LogP contribution in [0.5, 0.6) is 0 Å².